The molecule has 0 aromatic carbocycles. The molecule has 0 aromatic rings. The van der Waals surface area contributed by atoms with E-state index in [1.807, 2.05) is 0 Å². The van der Waals surface area contributed by atoms with Crippen LogP contribution >= 0.6 is 0 Å². The molecule has 4 N–H and O–H groups in total. The van der Waals surface area contributed by atoms with Crippen LogP contribution in [0.4, 0.5) is 0 Å². The number of aliphatic carboxylic acids is 1. The van der Waals surface area contributed by atoms with Crippen molar-refractivity contribution in [3.8, 4) is 0 Å². The number of hydrogen-bond donors (Lipinski definition) is 4. The molecule has 9 nitrogen and oxygen atoms in total. The highest BCUT2D eigenvalue weighted by Gasteiger charge is 2.30. The van der Waals surface area contributed by atoms with Crippen LogP contribution in [0.15, 0.2) is 36.0 Å². The van der Waals surface area contributed by atoms with E-state index in [0.717, 1.165) is 6.08 Å². The van der Waals surface area contributed by atoms with Gasteiger partial charge in [0.05, 0.1) is 12.2 Å². The van der Waals surface area contributed by atoms with Gasteiger partial charge in [-0.05, 0) is 44.1 Å². The largest absolute Gasteiger partial charge is 0.478 e. The zero-order valence-corrected chi connectivity index (χ0v) is 21.7. The second-order valence-corrected chi connectivity index (χ2v) is 9.54. The van der Waals surface area contributed by atoms with Crippen molar-refractivity contribution in [3.63, 3.8) is 0 Å². The minimum Gasteiger partial charge on any atom is -0.478 e. The van der Waals surface area contributed by atoms with Crippen molar-refractivity contribution in [1.29, 1.82) is 0 Å². The van der Waals surface area contributed by atoms with Gasteiger partial charge in [-0.25, -0.2) is 4.79 Å². The lowest BCUT2D eigenvalue weighted by molar-refractivity contribution is -0.135. The third-order valence-electron chi connectivity index (χ3n) is 6.48. The number of allylic oxidation sites excluding steroid dienone is 3. The van der Waals surface area contributed by atoms with Gasteiger partial charge in [0, 0.05) is 44.3 Å². The number of nitrogens with one attached hydrogen (secondary N) is 1. The zero-order chi connectivity index (χ0) is 27.3. The summed E-state index contributed by atoms with van der Waals surface area (Å²) in [5, 5.41) is 32.4. The molecule has 0 unspecified atom stereocenters. The SMILES string of the molecule is CO[C@H](/C=C/CC/C=C/C(=O)O)[C@H](O)[C@@H](C)[C@@H](O)/C(C)=C/[C@@H](C)C(=O)CCCC1CC(=O)NC(=O)C1. The third-order valence-corrected chi connectivity index (χ3v) is 6.48. The fraction of sp³-hybridized carbons (Fsp3) is 0.630. The maximum Gasteiger partial charge on any atom is 0.327 e. The summed E-state index contributed by atoms with van der Waals surface area (Å²) in [6.07, 6.45) is 8.46. The van der Waals surface area contributed by atoms with Crippen LogP contribution in [-0.4, -0.2) is 64.3 Å². The second-order valence-electron chi connectivity index (χ2n) is 9.54. The molecule has 1 fully saturated rings. The number of carbonyl (C=O) groups excluding carboxylic acids is 3. The number of rotatable bonds is 16. The Morgan fingerprint density at radius 2 is 1.72 bits per heavy atom. The van der Waals surface area contributed by atoms with Crippen molar-refractivity contribution >= 4 is 23.6 Å². The first kappa shape index (κ1) is 31.4. The lowest BCUT2D eigenvalue weighted by Crippen LogP contribution is -2.39. The Balaban J connectivity index is 2.57. The Hall–Kier alpha value is -2.62. The van der Waals surface area contributed by atoms with Gasteiger partial charge in [0.1, 0.15) is 11.9 Å². The fourth-order valence-corrected chi connectivity index (χ4v) is 4.28. The number of Topliss-reactive ketones (excluding diaryl/α,β-unsaturated/α-hetero) is 1. The van der Waals surface area contributed by atoms with Crippen LogP contribution in [0, 0.1) is 17.8 Å². The highest BCUT2D eigenvalue weighted by molar-refractivity contribution is 5.97. The summed E-state index contributed by atoms with van der Waals surface area (Å²) in [5.74, 6) is -2.54. The summed E-state index contributed by atoms with van der Waals surface area (Å²) >= 11 is 0. The van der Waals surface area contributed by atoms with E-state index in [1.165, 1.54) is 7.11 Å². The number of hydrogen-bond acceptors (Lipinski definition) is 7. The fourth-order valence-electron chi connectivity index (χ4n) is 4.28. The Kier molecular flexibility index (Phi) is 14.1. The number of carboxylic acid groups (broad SMARTS) is 1. The number of imide groups is 1. The molecule has 0 saturated carbocycles. The van der Waals surface area contributed by atoms with Gasteiger partial charge in [0.25, 0.3) is 0 Å². The number of methoxy groups -OCH3 is 1. The predicted molar refractivity (Wildman–Crippen MR) is 135 cm³/mol. The van der Waals surface area contributed by atoms with Crippen molar-refractivity contribution < 1.29 is 39.2 Å². The number of unbranched alkanes of at least 4 members (excludes halogenated alkanes) is 1. The Morgan fingerprint density at radius 3 is 2.31 bits per heavy atom. The Morgan fingerprint density at radius 1 is 1.11 bits per heavy atom. The molecule has 0 aromatic heterocycles. The molecular weight excluding hydrogens is 466 g/mol. The van der Waals surface area contributed by atoms with E-state index < -0.39 is 36.1 Å². The van der Waals surface area contributed by atoms with Gasteiger partial charge in [0.2, 0.25) is 11.8 Å². The summed E-state index contributed by atoms with van der Waals surface area (Å²) in [7, 11) is 1.46. The molecule has 36 heavy (non-hydrogen) atoms. The van der Waals surface area contributed by atoms with Crippen LogP contribution in [0.1, 0.15) is 65.7 Å². The quantitative estimate of drug-likeness (QED) is 0.108. The molecule has 0 bridgehead atoms. The van der Waals surface area contributed by atoms with E-state index in [1.54, 1.807) is 45.1 Å². The van der Waals surface area contributed by atoms with Gasteiger partial charge in [-0.2, -0.15) is 0 Å². The number of aliphatic hydroxyl groups excluding tert-OH is 2. The van der Waals surface area contributed by atoms with Gasteiger partial charge in [-0.15, -0.1) is 0 Å². The molecule has 1 aliphatic rings. The van der Waals surface area contributed by atoms with E-state index in [2.05, 4.69) is 5.32 Å². The zero-order valence-electron chi connectivity index (χ0n) is 21.7. The number of amides is 2. The first-order chi connectivity index (χ1) is 17.0. The standard InChI is InChI=1S/C27H41NO8/c1-17(21(29)11-9-10-20-15-23(30)28-24(31)16-20)14-18(2)26(34)19(3)27(35)22(36-4)12-7-5-6-8-13-25(32)33/h7-8,12-14,17,19-20,22,26-27,34-35H,5-6,9-11,15-16H2,1-4H3,(H,32,33)(H,28,30,31)/b12-7+,13-8+,18-14+/t17-,19+,22-,26+,27-/m1/s1. The molecule has 0 aliphatic carbocycles. The number of piperidine rings is 1. The van der Waals surface area contributed by atoms with E-state index in [9.17, 15) is 29.4 Å². The first-order valence-corrected chi connectivity index (χ1v) is 12.4. The molecule has 1 aliphatic heterocycles. The highest BCUT2D eigenvalue weighted by Crippen LogP contribution is 2.23. The molecule has 2 amide bonds. The number of carbonyl (C=O) groups is 4. The van der Waals surface area contributed by atoms with Gasteiger partial charge in [0.15, 0.2) is 0 Å². The van der Waals surface area contributed by atoms with Crippen LogP contribution in [-0.2, 0) is 23.9 Å². The minimum absolute atomic E-state index is 0.0102. The van der Waals surface area contributed by atoms with E-state index in [4.69, 9.17) is 9.84 Å². The molecule has 1 rings (SSSR count). The average Bonchev–Trinajstić information content (AvgIpc) is 2.81. The van der Waals surface area contributed by atoms with Crippen LogP contribution in [0.2, 0.25) is 0 Å². The summed E-state index contributed by atoms with van der Waals surface area (Å²) < 4.78 is 5.36. The molecule has 9 heteroatoms. The third kappa shape index (κ3) is 11.4. The average molecular weight is 508 g/mol. The molecule has 0 spiro atoms. The Labute approximate surface area is 213 Å². The summed E-state index contributed by atoms with van der Waals surface area (Å²) in [4.78, 5) is 46.0. The van der Waals surface area contributed by atoms with Crippen molar-refractivity contribution in [1.82, 2.24) is 5.32 Å². The van der Waals surface area contributed by atoms with E-state index in [0.29, 0.717) is 50.5 Å². The van der Waals surface area contributed by atoms with Crippen LogP contribution < -0.4 is 5.32 Å². The first-order valence-electron chi connectivity index (χ1n) is 12.4. The molecule has 202 valence electrons. The van der Waals surface area contributed by atoms with E-state index in [-0.39, 0.29) is 23.5 Å². The van der Waals surface area contributed by atoms with Crippen LogP contribution in [0.5, 0.6) is 0 Å². The van der Waals surface area contributed by atoms with Gasteiger partial charge < -0.3 is 20.1 Å². The molecule has 1 saturated heterocycles. The summed E-state index contributed by atoms with van der Waals surface area (Å²) in [6, 6.07) is 0. The van der Waals surface area contributed by atoms with Gasteiger partial charge >= 0.3 is 5.97 Å². The van der Waals surface area contributed by atoms with Crippen molar-refractivity contribution in [3.05, 3.63) is 36.0 Å². The van der Waals surface area contributed by atoms with Crippen molar-refractivity contribution in [2.24, 2.45) is 17.8 Å². The van der Waals surface area contributed by atoms with Crippen molar-refractivity contribution in [2.75, 3.05) is 7.11 Å². The number of ketones is 1. The smallest absolute Gasteiger partial charge is 0.327 e. The minimum atomic E-state index is -1.00. The monoisotopic (exact) mass is 507 g/mol. The predicted octanol–water partition coefficient (Wildman–Crippen LogP) is 2.71. The lowest BCUT2D eigenvalue weighted by Gasteiger charge is -2.29. The topological polar surface area (TPSA) is 150 Å². The summed E-state index contributed by atoms with van der Waals surface area (Å²) in [5.41, 5.74) is 0.578. The van der Waals surface area contributed by atoms with Gasteiger partial charge in [-0.3, -0.25) is 19.7 Å². The molecular formula is C27H41NO8. The second kappa shape index (κ2) is 16.2. The van der Waals surface area contributed by atoms with Crippen LogP contribution in [0.3, 0.4) is 0 Å². The molecule has 5 atom stereocenters. The maximum absolute atomic E-state index is 12.6. The number of carboxylic acids is 1. The van der Waals surface area contributed by atoms with Crippen molar-refractivity contribution in [2.45, 2.75) is 84.0 Å². The highest BCUT2D eigenvalue weighted by atomic mass is 16.5. The normalized spacial score (nSPS) is 19.8. The maximum atomic E-state index is 12.6. The van der Waals surface area contributed by atoms with Crippen LogP contribution in [0.25, 0.3) is 0 Å². The Bertz CT molecular complexity index is 831. The molecule has 1 heterocycles. The van der Waals surface area contributed by atoms with E-state index >= 15 is 0 Å². The number of aliphatic hydroxyl groups is 2. The molecule has 0 radical (unpaired) electrons. The summed E-state index contributed by atoms with van der Waals surface area (Å²) in [6.45, 7) is 5.18. The van der Waals surface area contributed by atoms with Gasteiger partial charge in [-0.1, -0.05) is 38.2 Å². The number of ether oxygens (including phenoxy) is 1. The lowest BCUT2D eigenvalue weighted by atomic mass is 9.87.